The Morgan fingerprint density at radius 3 is 2.45 bits per heavy atom. The monoisotopic (exact) mass is 293 g/mol. The van der Waals surface area contributed by atoms with Crippen molar-refractivity contribution in [3.8, 4) is 11.5 Å². The van der Waals surface area contributed by atoms with Crippen molar-refractivity contribution in [1.82, 2.24) is 5.32 Å². The van der Waals surface area contributed by atoms with E-state index in [2.05, 4.69) is 5.32 Å². The van der Waals surface area contributed by atoms with Crippen molar-refractivity contribution < 1.29 is 27.8 Å². The number of hydrogen-bond acceptors (Lipinski definition) is 4. The highest BCUT2D eigenvalue weighted by molar-refractivity contribution is 5.43. The quantitative estimate of drug-likeness (QED) is 0.845. The van der Waals surface area contributed by atoms with Crippen LogP contribution < -0.4 is 14.8 Å². The van der Waals surface area contributed by atoms with Gasteiger partial charge < -0.3 is 19.9 Å². The number of nitrogens with one attached hydrogen (secondary N) is 1. The van der Waals surface area contributed by atoms with Gasteiger partial charge in [0.2, 0.25) is 0 Å². The molecule has 0 aliphatic heterocycles. The van der Waals surface area contributed by atoms with E-state index in [1.807, 2.05) is 6.92 Å². The summed E-state index contributed by atoms with van der Waals surface area (Å²) < 4.78 is 46.6. The van der Waals surface area contributed by atoms with E-state index in [9.17, 15) is 13.2 Å². The molecule has 0 spiro atoms. The second kappa shape index (κ2) is 6.81. The van der Waals surface area contributed by atoms with Crippen LogP contribution in [0, 0.1) is 0 Å². The molecule has 0 heterocycles. The van der Waals surface area contributed by atoms with Crippen molar-refractivity contribution in [2.75, 3.05) is 20.8 Å². The average Bonchev–Trinajstić information content (AvgIpc) is 2.42. The molecule has 0 saturated carbocycles. The van der Waals surface area contributed by atoms with E-state index in [1.54, 1.807) is 19.2 Å². The first-order chi connectivity index (χ1) is 9.29. The lowest BCUT2D eigenvalue weighted by Gasteiger charge is -2.18. The van der Waals surface area contributed by atoms with E-state index in [4.69, 9.17) is 14.6 Å². The molecule has 0 aliphatic carbocycles. The molecule has 0 aliphatic rings. The van der Waals surface area contributed by atoms with Crippen molar-refractivity contribution in [3.05, 3.63) is 23.8 Å². The zero-order valence-electron chi connectivity index (χ0n) is 11.5. The molecule has 0 bridgehead atoms. The van der Waals surface area contributed by atoms with Gasteiger partial charge >= 0.3 is 6.18 Å². The standard InChI is InChI=1S/C13H18F3NO3/c1-8(17-2)9-4-5-10(11(6-9)19-3)20-7-12(18)13(14,15)16/h4-6,8,12,17-18H,7H2,1-3H3. The number of aliphatic hydroxyl groups excluding tert-OH is 1. The molecule has 0 radical (unpaired) electrons. The summed E-state index contributed by atoms with van der Waals surface area (Å²) in [5, 5.41) is 11.9. The summed E-state index contributed by atoms with van der Waals surface area (Å²) in [7, 11) is 3.19. The Morgan fingerprint density at radius 2 is 1.95 bits per heavy atom. The zero-order valence-corrected chi connectivity index (χ0v) is 11.5. The Bertz CT molecular complexity index is 437. The van der Waals surface area contributed by atoms with E-state index < -0.39 is 18.9 Å². The van der Waals surface area contributed by atoms with Gasteiger partial charge in [-0.05, 0) is 31.7 Å². The molecule has 4 nitrogen and oxygen atoms in total. The minimum absolute atomic E-state index is 0.0683. The van der Waals surface area contributed by atoms with Crippen molar-refractivity contribution in [3.63, 3.8) is 0 Å². The Hall–Kier alpha value is -1.47. The predicted octanol–water partition coefficient (Wildman–Crippen LogP) is 2.28. The van der Waals surface area contributed by atoms with Crippen LogP contribution in [0.25, 0.3) is 0 Å². The van der Waals surface area contributed by atoms with Gasteiger partial charge in [0.15, 0.2) is 17.6 Å². The van der Waals surface area contributed by atoms with Gasteiger partial charge in [-0.15, -0.1) is 0 Å². The zero-order chi connectivity index (χ0) is 15.3. The first-order valence-electron chi connectivity index (χ1n) is 6.02. The van der Waals surface area contributed by atoms with Crippen molar-refractivity contribution in [1.29, 1.82) is 0 Å². The number of rotatable bonds is 6. The summed E-state index contributed by atoms with van der Waals surface area (Å²) in [6, 6.07) is 4.99. The molecule has 1 rings (SSSR count). The van der Waals surface area contributed by atoms with Crippen molar-refractivity contribution >= 4 is 0 Å². The molecular weight excluding hydrogens is 275 g/mol. The second-order valence-corrected chi connectivity index (χ2v) is 4.29. The number of ether oxygens (including phenoxy) is 2. The summed E-state index contributed by atoms with van der Waals surface area (Å²) in [6.07, 6.45) is -7.23. The van der Waals surface area contributed by atoms with Gasteiger partial charge in [-0.1, -0.05) is 6.07 Å². The van der Waals surface area contributed by atoms with E-state index in [0.717, 1.165) is 5.56 Å². The average molecular weight is 293 g/mol. The van der Waals surface area contributed by atoms with Crippen LogP contribution in [-0.4, -0.2) is 38.2 Å². The fraction of sp³-hybridized carbons (Fsp3) is 0.538. The molecule has 2 unspecified atom stereocenters. The predicted molar refractivity (Wildman–Crippen MR) is 68.0 cm³/mol. The van der Waals surface area contributed by atoms with E-state index in [1.165, 1.54) is 13.2 Å². The molecule has 114 valence electrons. The highest BCUT2D eigenvalue weighted by Gasteiger charge is 2.38. The summed E-state index contributed by atoms with van der Waals surface area (Å²) in [5.41, 5.74) is 0.910. The van der Waals surface area contributed by atoms with Crippen LogP contribution in [0.2, 0.25) is 0 Å². The van der Waals surface area contributed by atoms with Crippen LogP contribution in [0.3, 0.4) is 0 Å². The molecule has 1 aromatic rings. The Kier molecular flexibility index (Phi) is 5.64. The summed E-state index contributed by atoms with van der Waals surface area (Å²) in [5.74, 6) is 0.474. The van der Waals surface area contributed by atoms with Crippen LogP contribution in [0.4, 0.5) is 13.2 Å². The lowest BCUT2D eigenvalue weighted by molar-refractivity contribution is -0.210. The second-order valence-electron chi connectivity index (χ2n) is 4.29. The fourth-order valence-electron chi connectivity index (χ4n) is 1.50. The number of alkyl halides is 3. The number of aliphatic hydroxyl groups is 1. The molecule has 0 aromatic heterocycles. The number of hydrogen-bond donors (Lipinski definition) is 2. The van der Waals surface area contributed by atoms with E-state index in [-0.39, 0.29) is 11.8 Å². The lowest BCUT2D eigenvalue weighted by Crippen LogP contribution is -2.34. The van der Waals surface area contributed by atoms with Gasteiger partial charge in [-0.25, -0.2) is 0 Å². The minimum Gasteiger partial charge on any atom is -0.493 e. The number of benzene rings is 1. The fourth-order valence-corrected chi connectivity index (χ4v) is 1.50. The molecule has 0 saturated heterocycles. The molecule has 1 aromatic carbocycles. The third-order valence-electron chi connectivity index (χ3n) is 2.90. The number of halogens is 3. The maximum atomic E-state index is 12.2. The third-order valence-corrected chi connectivity index (χ3v) is 2.90. The van der Waals surface area contributed by atoms with E-state index in [0.29, 0.717) is 5.75 Å². The summed E-state index contributed by atoms with van der Waals surface area (Å²) in [6.45, 7) is 1.06. The summed E-state index contributed by atoms with van der Waals surface area (Å²) in [4.78, 5) is 0. The third kappa shape index (κ3) is 4.28. The molecule has 7 heteroatoms. The van der Waals surface area contributed by atoms with Crippen LogP contribution in [0.15, 0.2) is 18.2 Å². The molecular formula is C13H18F3NO3. The van der Waals surface area contributed by atoms with Gasteiger partial charge in [0.1, 0.15) is 6.61 Å². The normalized spacial score (nSPS) is 14.8. The van der Waals surface area contributed by atoms with Crippen LogP contribution in [-0.2, 0) is 0 Å². The van der Waals surface area contributed by atoms with E-state index >= 15 is 0 Å². The maximum absolute atomic E-state index is 12.2. The van der Waals surface area contributed by atoms with Crippen LogP contribution in [0.5, 0.6) is 11.5 Å². The topological polar surface area (TPSA) is 50.7 Å². The largest absolute Gasteiger partial charge is 0.493 e. The first-order valence-corrected chi connectivity index (χ1v) is 6.02. The molecule has 20 heavy (non-hydrogen) atoms. The highest BCUT2D eigenvalue weighted by Crippen LogP contribution is 2.31. The minimum atomic E-state index is -4.70. The Labute approximate surface area is 115 Å². The van der Waals surface area contributed by atoms with Crippen molar-refractivity contribution in [2.45, 2.75) is 25.2 Å². The van der Waals surface area contributed by atoms with Gasteiger partial charge in [-0.2, -0.15) is 13.2 Å². The molecule has 2 N–H and O–H groups in total. The molecule has 0 amide bonds. The molecule has 0 fully saturated rings. The van der Waals surface area contributed by atoms with Crippen LogP contribution >= 0.6 is 0 Å². The van der Waals surface area contributed by atoms with Gasteiger partial charge in [0.25, 0.3) is 0 Å². The van der Waals surface area contributed by atoms with Gasteiger partial charge in [0.05, 0.1) is 7.11 Å². The first kappa shape index (κ1) is 16.6. The maximum Gasteiger partial charge on any atom is 0.417 e. The van der Waals surface area contributed by atoms with Crippen molar-refractivity contribution in [2.24, 2.45) is 0 Å². The SMILES string of the molecule is CNC(C)c1ccc(OCC(O)C(F)(F)F)c(OC)c1. The van der Waals surface area contributed by atoms with Crippen LogP contribution in [0.1, 0.15) is 18.5 Å². The smallest absolute Gasteiger partial charge is 0.417 e. The Morgan fingerprint density at radius 1 is 1.30 bits per heavy atom. The van der Waals surface area contributed by atoms with Gasteiger partial charge in [0, 0.05) is 6.04 Å². The highest BCUT2D eigenvalue weighted by atomic mass is 19.4. The number of methoxy groups -OCH3 is 1. The van der Waals surface area contributed by atoms with Gasteiger partial charge in [-0.3, -0.25) is 0 Å². The molecule has 2 atom stereocenters. The Balaban J connectivity index is 2.81. The summed E-state index contributed by atoms with van der Waals surface area (Å²) >= 11 is 0. The lowest BCUT2D eigenvalue weighted by atomic mass is 10.1.